The number of benzene rings is 2. The van der Waals surface area contributed by atoms with E-state index >= 15 is 0 Å². The van der Waals surface area contributed by atoms with Crippen molar-refractivity contribution in [2.24, 2.45) is 0 Å². The number of anilines is 2. The third-order valence-electron chi connectivity index (χ3n) is 3.63. The first-order valence-electron chi connectivity index (χ1n) is 8.18. The fraction of sp³-hybridized carbons (Fsp3) is 0.100. The minimum Gasteiger partial charge on any atom is -0.506 e. The summed E-state index contributed by atoms with van der Waals surface area (Å²) in [6.07, 6.45) is 1.42. The molecule has 7 heteroatoms. The summed E-state index contributed by atoms with van der Waals surface area (Å²) in [5.74, 6) is -0.205. The summed E-state index contributed by atoms with van der Waals surface area (Å²) in [4.78, 5) is 24.0. The normalized spacial score (nSPS) is 10.3. The molecule has 2 aromatic carbocycles. The van der Waals surface area contributed by atoms with Crippen LogP contribution in [-0.4, -0.2) is 23.5 Å². The number of phenols is 1. The van der Waals surface area contributed by atoms with Crippen LogP contribution in [0.4, 0.5) is 11.4 Å². The van der Waals surface area contributed by atoms with Gasteiger partial charge in [0.1, 0.15) is 11.5 Å². The number of phenolic OH excluding ortho intramolecular Hbond substituents is 1. The number of hydrogen-bond donors (Lipinski definition) is 3. The van der Waals surface area contributed by atoms with Crippen LogP contribution in [0.5, 0.6) is 11.5 Å². The molecule has 0 atom stereocenters. The lowest BCUT2D eigenvalue weighted by atomic mass is 10.2. The van der Waals surface area contributed by atoms with Gasteiger partial charge in [0.05, 0.1) is 12.0 Å². The standard InChI is InChI=1S/C20H18N2O5/c1-13-7-8-16(17(23)10-13)22-19(24)12-27-15-5-2-4-14(11-15)21-20(25)18-6-3-9-26-18/h2-11,23H,12H2,1H3,(H,21,25)(H,22,24). The number of carbonyl (C=O) groups is 2. The van der Waals surface area contributed by atoms with Gasteiger partial charge in [-0.15, -0.1) is 0 Å². The van der Waals surface area contributed by atoms with Crippen LogP contribution in [0.1, 0.15) is 16.1 Å². The highest BCUT2D eigenvalue weighted by Gasteiger charge is 2.10. The van der Waals surface area contributed by atoms with Gasteiger partial charge in [-0.3, -0.25) is 9.59 Å². The van der Waals surface area contributed by atoms with Gasteiger partial charge >= 0.3 is 0 Å². The van der Waals surface area contributed by atoms with Crippen molar-refractivity contribution in [1.82, 2.24) is 0 Å². The van der Waals surface area contributed by atoms with E-state index in [-0.39, 0.29) is 24.0 Å². The zero-order chi connectivity index (χ0) is 19.2. The van der Waals surface area contributed by atoms with E-state index in [1.54, 1.807) is 54.6 Å². The van der Waals surface area contributed by atoms with Crippen molar-refractivity contribution in [2.75, 3.05) is 17.2 Å². The molecule has 1 heterocycles. The molecule has 2 amide bonds. The predicted molar refractivity (Wildman–Crippen MR) is 100 cm³/mol. The molecule has 0 radical (unpaired) electrons. The molecule has 0 aliphatic carbocycles. The molecule has 3 rings (SSSR count). The number of ether oxygens (including phenoxy) is 1. The zero-order valence-corrected chi connectivity index (χ0v) is 14.6. The molecule has 3 N–H and O–H groups in total. The molecule has 3 aromatic rings. The molecule has 0 fully saturated rings. The number of aromatic hydroxyl groups is 1. The third kappa shape index (κ3) is 4.88. The van der Waals surface area contributed by atoms with Crippen molar-refractivity contribution < 1.29 is 23.8 Å². The number of hydrogen-bond acceptors (Lipinski definition) is 5. The lowest BCUT2D eigenvalue weighted by molar-refractivity contribution is -0.118. The molecule has 0 aliphatic rings. The first-order chi connectivity index (χ1) is 13.0. The highest BCUT2D eigenvalue weighted by molar-refractivity contribution is 6.02. The van der Waals surface area contributed by atoms with E-state index in [1.165, 1.54) is 6.26 Å². The Morgan fingerprint density at radius 1 is 1.07 bits per heavy atom. The molecule has 0 aliphatic heterocycles. The van der Waals surface area contributed by atoms with Crippen molar-refractivity contribution >= 4 is 23.2 Å². The van der Waals surface area contributed by atoms with Crippen molar-refractivity contribution in [1.29, 1.82) is 0 Å². The van der Waals surface area contributed by atoms with E-state index in [1.807, 2.05) is 6.92 Å². The van der Waals surface area contributed by atoms with Gasteiger partial charge in [0, 0.05) is 11.8 Å². The Bertz CT molecular complexity index is 951. The van der Waals surface area contributed by atoms with Gasteiger partial charge in [-0.05, 0) is 48.9 Å². The lowest BCUT2D eigenvalue weighted by Gasteiger charge is -2.10. The second-order valence-corrected chi connectivity index (χ2v) is 5.82. The molecule has 0 spiro atoms. The Morgan fingerprint density at radius 2 is 1.93 bits per heavy atom. The van der Waals surface area contributed by atoms with Crippen LogP contribution in [0.25, 0.3) is 0 Å². The SMILES string of the molecule is Cc1ccc(NC(=O)COc2cccc(NC(=O)c3ccco3)c2)c(O)c1. The summed E-state index contributed by atoms with van der Waals surface area (Å²) in [6, 6.07) is 14.8. The minimum atomic E-state index is -0.417. The Morgan fingerprint density at radius 3 is 2.67 bits per heavy atom. The monoisotopic (exact) mass is 366 g/mol. The topological polar surface area (TPSA) is 101 Å². The van der Waals surface area contributed by atoms with Crippen LogP contribution in [-0.2, 0) is 4.79 Å². The van der Waals surface area contributed by atoms with E-state index in [0.717, 1.165) is 5.56 Å². The molecule has 0 saturated carbocycles. The maximum Gasteiger partial charge on any atom is 0.291 e. The number of carbonyl (C=O) groups excluding carboxylic acids is 2. The molecule has 1 aromatic heterocycles. The molecular formula is C20H18N2O5. The van der Waals surface area contributed by atoms with Crippen molar-refractivity contribution in [3.05, 3.63) is 72.2 Å². The predicted octanol–water partition coefficient (Wildman–Crippen LogP) is 3.56. The lowest BCUT2D eigenvalue weighted by Crippen LogP contribution is -2.20. The zero-order valence-electron chi connectivity index (χ0n) is 14.6. The summed E-state index contributed by atoms with van der Waals surface area (Å²) in [5, 5.41) is 15.1. The molecule has 0 unspecified atom stereocenters. The van der Waals surface area contributed by atoms with Crippen molar-refractivity contribution in [3.8, 4) is 11.5 Å². The smallest absolute Gasteiger partial charge is 0.291 e. The summed E-state index contributed by atoms with van der Waals surface area (Å²) in [6.45, 7) is 1.59. The van der Waals surface area contributed by atoms with Gasteiger partial charge in [0.15, 0.2) is 12.4 Å². The van der Waals surface area contributed by atoms with Crippen LogP contribution in [0, 0.1) is 6.92 Å². The number of furan rings is 1. The Kier molecular flexibility index (Phi) is 5.41. The largest absolute Gasteiger partial charge is 0.506 e. The van der Waals surface area contributed by atoms with Crippen LogP contribution in [0.2, 0.25) is 0 Å². The highest BCUT2D eigenvalue weighted by atomic mass is 16.5. The van der Waals surface area contributed by atoms with Crippen LogP contribution in [0.15, 0.2) is 65.3 Å². The first-order valence-corrected chi connectivity index (χ1v) is 8.18. The van der Waals surface area contributed by atoms with Gasteiger partial charge in [-0.25, -0.2) is 0 Å². The van der Waals surface area contributed by atoms with Gasteiger partial charge in [-0.2, -0.15) is 0 Å². The summed E-state index contributed by atoms with van der Waals surface area (Å²) >= 11 is 0. The van der Waals surface area contributed by atoms with Gasteiger partial charge in [0.2, 0.25) is 0 Å². The fourth-order valence-corrected chi connectivity index (χ4v) is 2.35. The molecule has 27 heavy (non-hydrogen) atoms. The van der Waals surface area contributed by atoms with E-state index in [0.29, 0.717) is 17.1 Å². The minimum absolute atomic E-state index is 0.00835. The second kappa shape index (κ2) is 8.09. The van der Waals surface area contributed by atoms with Gasteiger partial charge < -0.3 is 24.9 Å². The van der Waals surface area contributed by atoms with Gasteiger partial charge in [0.25, 0.3) is 11.8 Å². The maximum atomic E-state index is 12.0. The second-order valence-electron chi connectivity index (χ2n) is 5.82. The van der Waals surface area contributed by atoms with E-state index in [9.17, 15) is 14.7 Å². The number of aryl methyl sites for hydroxylation is 1. The van der Waals surface area contributed by atoms with Crippen LogP contribution >= 0.6 is 0 Å². The summed E-state index contributed by atoms with van der Waals surface area (Å²) < 4.78 is 10.5. The van der Waals surface area contributed by atoms with Gasteiger partial charge in [-0.1, -0.05) is 12.1 Å². The maximum absolute atomic E-state index is 12.0. The summed E-state index contributed by atoms with van der Waals surface area (Å²) in [7, 11) is 0. The fourth-order valence-electron chi connectivity index (χ4n) is 2.35. The van der Waals surface area contributed by atoms with E-state index < -0.39 is 5.91 Å². The first kappa shape index (κ1) is 18.1. The van der Waals surface area contributed by atoms with Crippen LogP contribution in [0.3, 0.4) is 0 Å². The Hall–Kier alpha value is -3.74. The molecule has 7 nitrogen and oxygen atoms in total. The van der Waals surface area contributed by atoms with Crippen molar-refractivity contribution in [2.45, 2.75) is 6.92 Å². The third-order valence-corrected chi connectivity index (χ3v) is 3.63. The molecule has 138 valence electrons. The Balaban J connectivity index is 1.56. The van der Waals surface area contributed by atoms with Crippen molar-refractivity contribution in [3.63, 3.8) is 0 Å². The highest BCUT2D eigenvalue weighted by Crippen LogP contribution is 2.24. The van der Waals surface area contributed by atoms with E-state index in [2.05, 4.69) is 10.6 Å². The average molecular weight is 366 g/mol. The average Bonchev–Trinajstić information content (AvgIpc) is 3.18. The molecule has 0 saturated heterocycles. The quantitative estimate of drug-likeness (QED) is 0.579. The molecule has 0 bridgehead atoms. The van der Waals surface area contributed by atoms with E-state index in [4.69, 9.17) is 9.15 Å². The Labute approximate surface area is 155 Å². The van der Waals surface area contributed by atoms with Crippen LogP contribution < -0.4 is 15.4 Å². The molecular weight excluding hydrogens is 348 g/mol. The number of rotatable bonds is 6. The number of nitrogens with one attached hydrogen (secondary N) is 2. The number of amides is 2. The summed E-state index contributed by atoms with van der Waals surface area (Å²) in [5.41, 5.74) is 1.70.